The Morgan fingerprint density at radius 1 is 1.08 bits per heavy atom. The molecule has 2 aliphatic heterocycles. The number of nitrogens with zero attached hydrogens (tertiary/aromatic N) is 2. The average molecular weight is 362 g/mol. The molecule has 0 aliphatic carbocycles. The van der Waals surface area contributed by atoms with Crippen LogP contribution in [0, 0.1) is 0 Å². The van der Waals surface area contributed by atoms with Crippen LogP contribution in [0.1, 0.15) is 27.7 Å². The van der Waals surface area contributed by atoms with E-state index in [9.17, 15) is 4.79 Å². The van der Waals surface area contributed by atoms with E-state index in [1.165, 1.54) is 4.90 Å². The van der Waals surface area contributed by atoms with Gasteiger partial charge in [0.05, 0.1) is 18.3 Å². The highest BCUT2D eigenvalue weighted by atomic mass is 16.7. The molecular weight excluding hydrogens is 335 g/mol. The topological polar surface area (TPSA) is 71.5 Å². The van der Waals surface area contributed by atoms with Gasteiger partial charge in [0.25, 0.3) is 0 Å². The van der Waals surface area contributed by atoms with Crippen molar-refractivity contribution >= 4 is 24.4 Å². The predicted octanol–water partition coefficient (Wildman–Crippen LogP) is 1.79. The number of anilines is 1. The second-order valence-electron chi connectivity index (χ2n) is 7.81. The van der Waals surface area contributed by atoms with E-state index in [2.05, 4.69) is 4.90 Å². The van der Waals surface area contributed by atoms with E-state index in [-0.39, 0.29) is 0 Å². The SMILES string of the molecule is COc1cc(B2OC(C)(C)C(C)(C)O2)cc(N2CCN(C(=O)O)CC2)c1. The smallest absolute Gasteiger partial charge is 0.495 e. The molecule has 2 saturated heterocycles. The first-order chi connectivity index (χ1) is 12.1. The summed E-state index contributed by atoms with van der Waals surface area (Å²) in [5.74, 6) is 0.730. The number of amides is 1. The van der Waals surface area contributed by atoms with Gasteiger partial charge in [-0.05, 0) is 45.3 Å². The monoisotopic (exact) mass is 362 g/mol. The highest BCUT2D eigenvalue weighted by Gasteiger charge is 2.51. The highest BCUT2D eigenvalue weighted by Crippen LogP contribution is 2.37. The van der Waals surface area contributed by atoms with Crippen LogP contribution in [0.3, 0.4) is 0 Å². The molecule has 0 unspecified atom stereocenters. The van der Waals surface area contributed by atoms with Crippen molar-refractivity contribution in [2.75, 3.05) is 38.2 Å². The molecule has 2 heterocycles. The molecule has 2 fully saturated rings. The van der Waals surface area contributed by atoms with E-state index in [4.69, 9.17) is 19.2 Å². The Balaban J connectivity index is 1.83. The normalized spacial score (nSPS) is 21.8. The third-order valence-corrected chi connectivity index (χ3v) is 5.59. The van der Waals surface area contributed by atoms with Gasteiger partial charge < -0.3 is 29.0 Å². The van der Waals surface area contributed by atoms with Crippen LogP contribution in [0.2, 0.25) is 0 Å². The van der Waals surface area contributed by atoms with Gasteiger partial charge in [-0.3, -0.25) is 0 Å². The quantitative estimate of drug-likeness (QED) is 0.827. The van der Waals surface area contributed by atoms with Crippen molar-refractivity contribution in [3.63, 3.8) is 0 Å². The van der Waals surface area contributed by atoms with Crippen molar-refractivity contribution in [1.82, 2.24) is 4.90 Å². The summed E-state index contributed by atoms with van der Waals surface area (Å²) in [4.78, 5) is 14.7. The number of carboxylic acid groups (broad SMARTS) is 1. The molecular formula is C18H27BN2O5. The molecule has 0 spiro atoms. The Hall–Kier alpha value is -1.93. The molecule has 26 heavy (non-hydrogen) atoms. The summed E-state index contributed by atoms with van der Waals surface area (Å²) < 4.78 is 17.8. The zero-order chi connectivity index (χ0) is 19.1. The first kappa shape index (κ1) is 18.9. The molecule has 142 valence electrons. The molecule has 1 aromatic rings. The van der Waals surface area contributed by atoms with Gasteiger partial charge in [0, 0.05) is 37.9 Å². The number of rotatable bonds is 3. The molecule has 0 atom stereocenters. The lowest BCUT2D eigenvalue weighted by molar-refractivity contribution is 0.00578. The van der Waals surface area contributed by atoms with Gasteiger partial charge in [-0.15, -0.1) is 0 Å². The van der Waals surface area contributed by atoms with Crippen molar-refractivity contribution in [2.24, 2.45) is 0 Å². The van der Waals surface area contributed by atoms with E-state index in [1.807, 2.05) is 45.9 Å². The summed E-state index contributed by atoms with van der Waals surface area (Å²) in [6, 6.07) is 5.94. The number of hydrogen-bond donors (Lipinski definition) is 1. The maximum atomic E-state index is 11.1. The van der Waals surface area contributed by atoms with E-state index in [0.717, 1.165) is 16.9 Å². The maximum absolute atomic E-state index is 11.1. The lowest BCUT2D eigenvalue weighted by Gasteiger charge is -2.35. The fourth-order valence-electron chi connectivity index (χ4n) is 3.18. The van der Waals surface area contributed by atoms with Crippen LogP contribution in [0.15, 0.2) is 18.2 Å². The van der Waals surface area contributed by atoms with Gasteiger partial charge in [-0.25, -0.2) is 4.79 Å². The average Bonchev–Trinajstić information content (AvgIpc) is 2.82. The summed E-state index contributed by atoms with van der Waals surface area (Å²) in [7, 11) is 1.17. The van der Waals surface area contributed by atoms with Crippen molar-refractivity contribution in [2.45, 2.75) is 38.9 Å². The van der Waals surface area contributed by atoms with Crippen LogP contribution in [0.25, 0.3) is 0 Å². The summed E-state index contributed by atoms with van der Waals surface area (Å²) in [6.45, 7) is 10.4. The molecule has 0 saturated carbocycles. The summed E-state index contributed by atoms with van der Waals surface area (Å²) in [6.07, 6.45) is -0.867. The van der Waals surface area contributed by atoms with Crippen molar-refractivity contribution in [3.8, 4) is 5.75 Å². The van der Waals surface area contributed by atoms with Gasteiger partial charge in [0.15, 0.2) is 0 Å². The van der Waals surface area contributed by atoms with E-state index >= 15 is 0 Å². The van der Waals surface area contributed by atoms with Gasteiger partial charge in [-0.2, -0.15) is 0 Å². The molecule has 2 aliphatic rings. The predicted molar refractivity (Wildman–Crippen MR) is 101 cm³/mol. The Kier molecular flexibility index (Phi) is 4.83. The molecule has 8 heteroatoms. The molecule has 1 N–H and O–H groups in total. The van der Waals surface area contributed by atoms with Crippen molar-refractivity contribution < 1.29 is 23.9 Å². The van der Waals surface area contributed by atoms with E-state index < -0.39 is 24.4 Å². The van der Waals surface area contributed by atoms with Crippen molar-refractivity contribution in [1.29, 1.82) is 0 Å². The number of carbonyl (C=O) groups is 1. The van der Waals surface area contributed by atoms with Crippen molar-refractivity contribution in [3.05, 3.63) is 18.2 Å². The van der Waals surface area contributed by atoms with Gasteiger partial charge in [0.1, 0.15) is 5.75 Å². The molecule has 1 aromatic carbocycles. The number of methoxy groups -OCH3 is 1. The van der Waals surface area contributed by atoms with Crippen LogP contribution in [-0.2, 0) is 9.31 Å². The minimum atomic E-state index is -0.867. The minimum absolute atomic E-state index is 0.409. The van der Waals surface area contributed by atoms with E-state index in [1.54, 1.807) is 7.11 Å². The Morgan fingerprint density at radius 3 is 2.15 bits per heavy atom. The molecule has 3 rings (SSSR count). The molecule has 1 amide bonds. The first-order valence-electron chi connectivity index (χ1n) is 8.90. The molecule has 0 aromatic heterocycles. The van der Waals surface area contributed by atoms with Crippen LogP contribution in [0.5, 0.6) is 5.75 Å². The Morgan fingerprint density at radius 2 is 1.65 bits per heavy atom. The lowest BCUT2D eigenvalue weighted by atomic mass is 9.78. The fraction of sp³-hybridized carbons (Fsp3) is 0.611. The Bertz CT molecular complexity index is 670. The third kappa shape index (κ3) is 3.48. The lowest BCUT2D eigenvalue weighted by Crippen LogP contribution is -2.48. The number of hydrogen-bond acceptors (Lipinski definition) is 5. The number of ether oxygens (including phenoxy) is 1. The van der Waals surface area contributed by atoms with Gasteiger partial charge >= 0.3 is 13.2 Å². The standard InChI is InChI=1S/C18H27BN2O5/c1-17(2)18(3,4)26-19(25-17)13-10-14(12-15(11-13)24-5)20-6-8-21(9-7-20)16(22)23/h10-12H,6-9H2,1-5H3,(H,22,23). The summed E-state index contributed by atoms with van der Waals surface area (Å²) in [5, 5.41) is 9.12. The minimum Gasteiger partial charge on any atom is -0.497 e. The zero-order valence-electron chi connectivity index (χ0n) is 16.1. The molecule has 0 radical (unpaired) electrons. The number of benzene rings is 1. The van der Waals surface area contributed by atoms with Crippen LogP contribution in [-0.4, -0.2) is 67.7 Å². The highest BCUT2D eigenvalue weighted by molar-refractivity contribution is 6.62. The Labute approximate surface area is 155 Å². The molecule has 0 bridgehead atoms. The maximum Gasteiger partial charge on any atom is 0.495 e. The third-order valence-electron chi connectivity index (χ3n) is 5.59. The van der Waals surface area contributed by atoms with Crippen LogP contribution in [0.4, 0.5) is 10.5 Å². The van der Waals surface area contributed by atoms with E-state index in [0.29, 0.717) is 26.2 Å². The zero-order valence-corrected chi connectivity index (χ0v) is 16.1. The fourth-order valence-corrected chi connectivity index (χ4v) is 3.18. The van der Waals surface area contributed by atoms with Crippen LogP contribution >= 0.6 is 0 Å². The number of piperazine rings is 1. The summed E-state index contributed by atoms with van der Waals surface area (Å²) >= 11 is 0. The van der Waals surface area contributed by atoms with Gasteiger partial charge in [-0.1, -0.05) is 0 Å². The second kappa shape index (κ2) is 6.66. The van der Waals surface area contributed by atoms with Gasteiger partial charge in [0.2, 0.25) is 0 Å². The second-order valence-corrected chi connectivity index (χ2v) is 7.81. The summed E-state index contributed by atoms with van der Waals surface area (Å²) in [5.41, 5.74) is 1.07. The first-order valence-corrected chi connectivity index (χ1v) is 8.90. The van der Waals surface area contributed by atoms with Crippen LogP contribution < -0.4 is 15.1 Å². The molecule has 7 nitrogen and oxygen atoms in total. The largest absolute Gasteiger partial charge is 0.497 e.